The fourth-order valence-electron chi connectivity index (χ4n) is 10.9. The van der Waals surface area contributed by atoms with E-state index in [1.165, 1.54) is 105 Å². The number of rotatable bonds is 3. The average molecular weight is 731 g/mol. The fourth-order valence-corrected chi connectivity index (χ4v) is 10.9. The summed E-state index contributed by atoms with van der Waals surface area (Å²) in [6, 6.07) is 45.3. The van der Waals surface area contributed by atoms with Crippen molar-refractivity contribution < 1.29 is 5.32 Å². The predicted octanol–water partition coefficient (Wildman–Crippen LogP) is 10.5. The van der Waals surface area contributed by atoms with Crippen LogP contribution in [0, 0.1) is 0 Å². The van der Waals surface area contributed by atoms with Gasteiger partial charge in [-0.05, 0) is 99.0 Å². The summed E-state index contributed by atoms with van der Waals surface area (Å²) < 4.78 is 4.87. The summed E-state index contributed by atoms with van der Waals surface area (Å²) in [5.41, 5.74) is 20.0. The SMILES string of the molecule is C1=Cc2c(n(C3=CCC(c4ccc(-n5c6ccccc6c6c7c(ccc65)C5(c6ccccc6-c6ccccc65)c5cnccc5-7)cc4)C=C3)c3cnccc23)C[NH2+]1. The number of hydrogen-bond donors (Lipinski definition) is 1. The van der Waals surface area contributed by atoms with Crippen LogP contribution in [-0.2, 0) is 12.0 Å². The summed E-state index contributed by atoms with van der Waals surface area (Å²) in [7, 11) is 0. The van der Waals surface area contributed by atoms with E-state index in [-0.39, 0.29) is 0 Å². The molecule has 4 aliphatic rings. The molecule has 5 heterocycles. The van der Waals surface area contributed by atoms with Crippen LogP contribution in [-0.4, -0.2) is 19.1 Å². The van der Waals surface area contributed by atoms with Crippen LogP contribution in [0.15, 0.2) is 171 Å². The molecular weight excluding hydrogens is 695 g/mol. The van der Waals surface area contributed by atoms with E-state index in [4.69, 9.17) is 4.98 Å². The van der Waals surface area contributed by atoms with E-state index in [1.807, 2.05) is 18.6 Å². The highest BCUT2D eigenvalue weighted by atomic mass is 15.0. The molecule has 268 valence electrons. The second-order valence-corrected chi connectivity index (χ2v) is 15.8. The van der Waals surface area contributed by atoms with E-state index >= 15 is 0 Å². The van der Waals surface area contributed by atoms with Gasteiger partial charge in [-0.1, -0.05) is 97.1 Å². The lowest BCUT2D eigenvalue weighted by molar-refractivity contribution is -0.605. The van der Waals surface area contributed by atoms with Gasteiger partial charge in [-0.3, -0.25) is 9.97 Å². The third kappa shape index (κ3) is 4.01. The minimum absolute atomic E-state index is 0.310. The summed E-state index contributed by atoms with van der Waals surface area (Å²) in [5, 5.41) is 6.08. The molecule has 1 atom stereocenters. The molecule has 0 radical (unpaired) electrons. The van der Waals surface area contributed by atoms with E-state index < -0.39 is 5.41 Å². The number of pyridine rings is 2. The predicted molar refractivity (Wildman–Crippen MR) is 230 cm³/mol. The van der Waals surface area contributed by atoms with Crippen molar-refractivity contribution in [3.8, 4) is 27.9 Å². The van der Waals surface area contributed by atoms with Crippen molar-refractivity contribution in [3.05, 3.63) is 210 Å². The number of para-hydroxylation sites is 1. The van der Waals surface area contributed by atoms with Gasteiger partial charge >= 0.3 is 0 Å². The molecule has 0 amide bonds. The van der Waals surface area contributed by atoms with Crippen LogP contribution in [0.3, 0.4) is 0 Å². The number of nitrogens with two attached hydrogens (primary N) is 1. The number of nitrogens with zero attached hydrogens (tertiary/aromatic N) is 4. The van der Waals surface area contributed by atoms with Crippen molar-refractivity contribution in [2.75, 3.05) is 0 Å². The van der Waals surface area contributed by atoms with Gasteiger partial charge in [-0.2, -0.15) is 0 Å². The van der Waals surface area contributed by atoms with Crippen molar-refractivity contribution in [1.29, 1.82) is 0 Å². The molecule has 5 aromatic carbocycles. The standard InChI is InChI=1S/C52H35N5/c1-4-10-42-36(7-1)37-8-2-5-11-43(37)52(42)44-21-22-47-51(50(44)40-25-28-53-29-45(40)52)41-9-3-6-12-46(41)56(47)34-17-13-32(14-18-34)33-15-19-35(20-16-33)57-48-30-54-26-23-38(48)39-24-27-55-31-49(39)57/h1-15,17-30,33,55H,16,31H2/p+1. The highest BCUT2D eigenvalue weighted by molar-refractivity contribution is 6.18. The van der Waals surface area contributed by atoms with Crippen LogP contribution in [0.5, 0.6) is 0 Å². The molecule has 5 nitrogen and oxygen atoms in total. The number of quaternary nitrogens is 1. The average Bonchev–Trinajstić information content (AvgIpc) is 3.99. The van der Waals surface area contributed by atoms with Crippen LogP contribution in [0.25, 0.3) is 72.4 Å². The van der Waals surface area contributed by atoms with Crippen molar-refractivity contribution >= 4 is 44.5 Å². The normalized spacial score (nSPS) is 16.8. The van der Waals surface area contributed by atoms with Crippen LogP contribution in [0.2, 0.25) is 0 Å². The Morgan fingerprint density at radius 2 is 1.37 bits per heavy atom. The molecule has 9 aromatic rings. The quantitative estimate of drug-likeness (QED) is 0.197. The molecule has 1 spiro atoms. The highest BCUT2D eigenvalue weighted by Gasteiger charge is 2.52. The smallest absolute Gasteiger partial charge is 0.122 e. The first-order valence-corrected chi connectivity index (χ1v) is 20.0. The molecule has 1 unspecified atom stereocenters. The Balaban J connectivity index is 0.928. The molecule has 57 heavy (non-hydrogen) atoms. The zero-order valence-electron chi connectivity index (χ0n) is 31.1. The zero-order chi connectivity index (χ0) is 37.2. The topological polar surface area (TPSA) is 52.2 Å². The number of allylic oxidation sites excluding steroid dienone is 4. The van der Waals surface area contributed by atoms with Crippen LogP contribution in [0.4, 0.5) is 0 Å². The van der Waals surface area contributed by atoms with Crippen LogP contribution in [0.1, 0.15) is 51.4 Å². The Kier molecular flexibility index (Phi) is 6.28. The van der Waals surface area contributed by atoms with E-state index in [2.05, 4.69) is 177 Å². The minimum Gasteiger partial charge on any atom is -0.315 e. The zero-order valence-corrected chi connectivity index (χ0v) is 31.1. The molecule has 3 aliphatic carbocycles. The minimum atomic E-state index is -0.423. The Labute approximate surface area is 329 Å². The number of benzene rings is 5. The lowest BCUT2D eigenvalue weighted by Crippen LogP contribution is -2.77. The molecule has 4 aromatic heterocycles. The number of aromatic nitrogens is 4. The summed E-state index contributed by atoms with van der Waals surface area (Å²) in [6.07, 6.45) is 20.4. The number of fused-ring (bicyclic) bond motifs is 17. The monoisotopic (exact) mass is 730 g/mol. The summed E-state index contributed by atoms with van der Waals surface area (Å²) >= 11 is 0. The Bertz CT molecular complexity index is 3230. The molecule has 0 fully saturated rings. The van der Waals surface area contributed by atoms with Gasteiger partial charge in [0.1, 0.15) is 6.54 Å². The highest BCUT2D eigenvalue weighted by Crippen LogP contribution is 2.64. The largest absolute Gasteiger partial charge is 0.315 e. The van der Waals surface area contributed by atoms with E-state index in [0.29, 0.717) is 5.92 Å². The first kappa shape index (κ1) is 31.2. The van der Waals surface area contributed by atoms with Gasteiger partial charge in [0.25, 0.3) is 0 Å². The summed E-state index contributed by atoms with van der Waals surface area (Å²) in [4.78, 5) is 9.26. The van der Waals surface area contributed by atoms with E-state index in [9.17, 15) is 0 Å². The lowest BCUT2D eigenvalue weighted by atomic mass is 9.71. The van der Waals surface area contributed by atoms with Gasteiger partial charge in [-0.25, -0.2) is 0 Å². The van der Waals surface area contributed by atoms with Crippen LogP contribution < -0.4 is 5.32 Å². The lowest BCUT2D eigenvalue weighted by Gasteiger charge is -2.30. The second kappa shape index (κ2) is 11.5. The van der Waals surface area contributed by atoms with Gasteiger partial charge in [-0.15, -0.1) is 0 Å². The molecule has 0 saturated heterocycles. The molecule has 5 heteroatoms. The first-order valence-electron chi connectivity index (χ1n) is 20.0. The molecule has 13 rings (SSSR count). The van der Waals surface area contributed by atoms with Gasteiger partial charge < -0.3 is 14.5 Å². The first-order chi connectivity index (χ1) is 28.3. The Hall–Kier alpha value is -7.08. The van der Waals surface area contributed by atoms with E-state index in [1.54, 1.807) is 0 Å². The number of hydrogen-bond acceptors (Lipinski definition) is 2. The van der Waals surface area contributed by atoms with Crippen molar-refractivity contribution in [2.24, 2.45) is 0 Å². The maximum atomic E-state index is 4.77. The Morgan fingerprint density at radius 1 is 0.596 bits per heavy atom. The maximum Gasteiger partial charge on any atom is 0.122 e. The maximum absolute atomic E-state index is 4.77. The van der Waals surface area contributed by atoms with Crippen molar-refractivity contribution in [3.63, 3.8) is 0 Å². The third-order valence-electron chi connectivity index (χ3n) is 13.2. The Morgan fingerprint density at radius 3 is 2.19 bits per heavy atom. The summed E-state index contributed by atoms with van der Waals surface area (Å²) in [5.74, 6) is 0.310. The molecule has 0 saturated carbocycles. The van der Waals surface area contributed by atoms with Gasteiger partial charge in [0.05, 0.1) is 40.1 Å². The second-order valence-electron chi connectivity index (χ2n) is 15.8. The molecule has 1 aliphatic heterocycles. The van der Waals surface area contributed by atoms with Gasteiger partial charge in [0.2, 0.25) is 0 Å². The van der Waals surface area contributed by atoms with Gasteiger partial charge in [0.15, 0.2) is 0 Å². The third-order valence-corrected chi connectivity index (χ3v) is 13.2. The van der Waals surface area contributed by atoms with Crippen LogP contribution >= 0.6 is 0 Å². The fraction of sp³-hybridized carbons (Fsp3) is 0.0769. The van der Waals surface area contributed by atoms with Crippen molar-refractivity contribution in [1.82, 2.24) is 19.1 Å². The summed E-state index contributed by atoms with van der Waals surface area (Å²) in [6.45, 7) is 0.925. The van der Waals surface area contributed by atoms with Gasteiger partial charge in [0, 0.05) is 63.7 Å². The van der Waals surface area contributed by atoms with E-state index in [0.717, 1.165) is 13.0 Å². The molecule has 2 N–H and O–H groups in total. The molecular formula is C52H36N5+. The molecule has 0 bridgehead atoms. The van der Waals surface area contributed by atoms with Crippen molar-refractivity contribution in [2.45, 2.75) is 24.3 Å².